The molecular formula is C37H48N5O8PS-2. The van der Waals surface area contributed by atoms with Gasteiger partial charge in [0.15, 0.2) is 0 Å². The number of carbonyl (C=O) groups is 3. The minimum Gasteiger partial charge on any atom is -0.808 e. The minimum atomic E-state index is -4.57. The highest BCUT2D eigenvalue weighted by molar-refractivity contribution is 7.88. The van der Waals surface area contributed by atoms with Crippen LogP contribution >= 0.6 is 7.34 Å². The third-order valence-electron chi connectivity index (χ3n) is 8.79. The Labute approximate surface area is 304 Å². The molecular weight excluding hydrogens is 705 g/mol. The number of H-pyrrole nitrogens is 1. The van der Waals surface area contributed by atoms with Crippen LogP contribution in [-0.4, -0.2) is 72.5 Å². The van der Waals surface area contributed by atoms with Gasteiger partial charge in [0.05, 0.1) is 18.3 Å². The van der Waals surface area contributed by atoms with E-state index in [4.69, 9.17) is 5.73 Å². The van der Waals surface area contributed by atoms with E-state index in [0.29, 0.717) is 30.5 Å². The Balaban J connectivity index is 1.68. The third-order valence-corrected chi connectivity index (χ3v) is 11.6. The number of carbonyl (C=O) groups excluding carboxylic acids is 3. The fourth-order valence-electron chi connectivity index (χ4n) is 6.27. The van der Waals surface area contributed by atoms with Crippen LogP contribution < -0.4 is 31.1 Å². The Bertz CT molecular complexity index is 2040. The van der Waals surface area contributed by atoms with Crippen LogP contribution in [-0.2, 0) is 37.2 Å². The maximum absolute atomic E-state index is 14.4. The summed E-state index contributed by atoms with van der Waals surface area (Å²) in [6.07, 6.45) is 2.88. The number of fused-ring (bicyclic) bond motifs is 2. The van der Waals surface area contributed by atoms with Crippen LogP contribution in [0.5, 0.6) is 0 Å². The Morgan fingerprint density at radius 1 is 0.962 bits per heavy atom. The molecule has 0 radical (unpaired) electrons. The number of aromatic nitrogens is 1. The summed E-state index contributed by atoms with van der Waals surface area (Å²) in [6.45, 7) is 3.99. The van der Waals surface area contributed by atoms with Gasteiger partial charge in [-0.15, -0.1) is 0 Å². The molecule has 2 unspecified atom stereocenters. The van der Waals surface area contributed by atoms with Gasteiger partial charge in [0.25, 0.3) is 0 Å². The molecule has 13 nitrogen and oxygen atoms in total. The van der Waals surface area contributed by atoms with Gasteiger partial charge in [-0.2, -0.15) is 0 Å². The van der Waals surface area contributed by atoms with Crippen LogP contribution in [0, 0.1) is 11.8 Å². The van der Waals surface area contributed by atoms with E-state index in [9.17, 15) is 37.7 Å². The lowest BCUT2D eigenvalue weighted by Gasteiger charge is -2.35. The van der Waals surface area contributed by atoms with E-state index in [2.05, 4.69) is 20.3 Å². The van der Waals surface area contributed by atoms with Gasteiger partial charge in [-0.3, -0.25) is 9.59 Å². The quantitative estimate of drug-likeness (QED) is 0.0601. The molecule has 52 heavy (non-hydrogen) atoms. The van der Waals surface area contributed by atoms with Crippen LogP contribution in [0.3, 0.4) is 0 Å². The average Bonchev–Trinajstić information content (AvgIpc) is 3.48. The van der Waals surface area contributed by atoms with E-state index in [1.54, 1.807) is 12.3 Å². The van der Waals surface area contributed by atoms with Crippen molar-refractivity contribution >= 4 is 62.2 Å². The van der Waals surface area contributed by atoms with Crippen molar-refractivity contribution < 1.29 is 37.7 Å². The van der Waals surface area contributed by atoms with Crippen LogP contribution in [0.15, 0.2) is 72.9 Å². The van der Waals surface area contributed by atoms with Crippen molar-refractivity contribution in [2.24, 2.45) is 17.6 Å². The number of benzene rings is 3. The van der Waals surface area contributed by atoms with Gasteiger partial charge >= 0.3 is 0 Å². The predicted octanol–water partition coefficient (Wildman–Crippen LogP) is 1.50. The first-order chi connectivity index (χ1) is 24.6. The number of nitrogens with one attached hydrogen (secondary N) is 4. The maximum Gasteiger partial charge on any atom is 0.242 e. The van der Waals surface area contributed by atoms with E-state index in [0.717, 1.165) is 27.9 Å². The summed E-state index contributed by atoms with van der Waals surface area (Å²) in [6, 6.07) is 17.6. The Morgan fingerprint density at radius 3 is 2.33 bits per heavy atom. The molecule has 4 atom stereocenters. The molecule has 0 aliphatic rings. The van der Waals surface area contributed by atoms with Gasteiger partial charge in [0.1, 0.15) is 6.04 Å². The Hall–Kier alpha value is -4.04. The first kappa shape index (κ1) is 40.7. The van der Waals surface area contributed by atoms with Crippen LogP contribution in [0.1, 0.15) is 50.7 Å². The summed E-state index contributed by atoms with van der Waals surface area (Å²) < 4.78 is 26.7. The number of carboxylic acid groups (broad SMARTS) is 1. The topological polar surface area (TPSA) is 230 Å². The molecule has 1 heterocycles. The van der Waals surface area contributed by atoms with E-state index in [1.165, 1.54) is 0 Å². The summed E-state index contributed by atoms with van der Waals surface area (Å²) in [5.41, 5.74) is 7.37. The molecule has 0 fully saturated rings. The summed E-state index contributed by atoms with van der Waals surface area (Å²) in [5.74, 6) is -4.34. The number of unbranched alkanes of at least 4 members (excludes halogenated alkanes) is 1. The van der Waals surface area contributed by atoms with Crippen molar-refractivity contribution in [1.29, 1.82) is 0 Å². The Kier molecular flexibility index (Phi) is 14.2. The second-order valence-electron chi connectivity index (χ2n) is 13.7. The van der Waals surface area contributed by atoms with Crippen LogP contribution in [0.4, 0.5) is 0 Å². The van der Waals surface area contributed by atoms with Gasteiger partial charge in [0, 0.05) is 41.3 Å². The molecule has 2 amide bonds. The van der Waals surface area contributed by atoms with Crippen molar-refractivity contribution in [2.75, 3.05) is 19.0 Å². The predicted molar refractivity (Wildman–Crippen MR) is 201 cm³/mol. The molecule has 0 bridgehead atoms. The molecule has 4 rings (SSSR count). The fraction of sp³-hybridized carbons (Fsp3) is 0.405. The number of amides is 2. The first-order valence-corrected chi connectivity index (χ1v) is 21.0. The number of hydrogen-bond donors (Lipinski definition) is 6. The highest BCUT2D eigenvalue weighted by atomic mass is 32.2. The molecule has 0 spiro atoms. The maximum atomic E-state index is 14.4. The number of rotatable bonds is 19. The SMILES string of the molecule is CC(C)CC(CP([O-])(O)=C(Cc1ccc2ccccc2c1)NC(=O)[C@H](CCCCN)NS(C)(=O)=O)C(=O)N[C@@H](Cc1c[nH]c2ccccc12)C(=O)[O-]. The van der Waals surface area contributed by atoms with E-state index in [1.807, 2.05) is 74.5 Å². The molecule has 0 saturated carbocycles. The van der Waals surface area contributed by atoms with Gasteiger partial charge in [-0.1, -0.05) is 88.3 Å². The molecule has 1 aromatic heterocycles. The zero-order valence-electron chi connectivity index (χ0n) is 29.6. The molecule has 4 aromatic rings. The van der Waals surface area contributed by atoms with Crippen molar-refractivity contribution in [2.45, 2.75) is 64.5 Å². The standard InChI is InChI=1S/C37H49N5O8PS/c1-24(2)18-29(35(43)40-33(37(45)46)21-28-22-39-31-13-7-6-12-30(28)31)23-51(47,48)34(20-25-15-16-26-10-4-5-11-27(26)19-25)41-36(44)32(14-8-9-17-38)42-52(3,49)50/h4-7,10-13,15-16,19,22,24,29,32-33,39,42H,8-9,14,17-18,20-21,23,38H2,1-3H3,(H4-,40,41,43,44,45,46,47,48)/q-1/p-1/t29?,32-,33-/m0/s1. The number of nitrogens with two attached hydrogens (primary N) is 1. The highest BCUT2D eigenvalue weighted by Gasteiger charge is 2.29. The number of para-hydroxylation sites is 1. The van der Waals surface area contributed by atoms with Crippen molar-refractivity contribution in [3.63, 3.8) is 0 Å². The number of carboxylic acids is 1. The van der Waals surface area contributed by atoms with Gasteiger partial charge in [-0.25, -0.2) is 13.1 Å². The lowest BCUT2D eigenvalue weighted by molar-refractivity contribution is -0.308. The molecule has 15 heteroatoms. The van der Waals surface area contributed by atoms with Gasteiger partial charge in [0.2, 0.25) is 21.8 Å². The van der Waals surface area contributed by atoms with Crippen molar-refractivity contribution in [3.05, 3.63) is 84.1 Å². The average molecular weight is 754 g/mol. The summed E-state index contributed by atoms with van der Waals surface area (Å²) in [4.78, 5) is 69.0. The van der Waals surface area contributed by atoms with Crippen LogP contribution in [0.2, 0.25) is 0 Å². The monoisotopic (exact) mass is 753 g/mol. The van der Waals surface area contributed by atoms with E-state index in [-0.39, 0.29) is 37.0 Å². The smallest absolute Gasteiger partial charge is 0.242 e. The number of aliphatic carboxylic acids is 1. The summed E-state index contributed by atoms with van der Waals surface area (Å²) >= 11 is 0. The van der Waals surface area contributed by atoms with Crippen molar-refractivity contribution in [3.8, 4) is 0 Å². The third kappa shape index (κ3) is 11.7. The Morgan fingerprint density at radius 2 is 1.65 bits per heavy atom. The number of hydrogen-bond acceptors (Lipinski definition) is 9. The molecule has 0 aliphatic heterocycles. The number of aromatic amines is 1. The zero-order chi connectivity index (χ0) is 38.1. The van der Waals surface area contributed by atoms with E-state index < -0.39 is 59.3 Å². The summed E-state index contributed by atoms with van der Waals surface area (Å²) in [7, 11) is -8.41. The minimum absolute atomic E-state index is 0.0858. The summed E-state index contributed by atoms with van der Waals surface area (Å²) in [5, 5.41) is 20.0. The van der Waals surface area contributed by atoms with Crippen molar-refractivity contribution in [1.82, 2.24) is 20.3 Å². The molecule has 0 saturated heterocycles. The highest BCUT2D eigenvalue weighted by Crippen LogP contribution is 2.39. The zero-order valence-corrected chi connectivity index (χ0v) is 31.3. The second kappa shape index (κ2) is 18.1. The van der Waals surface area contributed by atoms with Crippen LogP contribution in [0.25, 0.3) is 21.7 Å². The number of sulfonamides is 1. The second-order valence-corrected chi connectivity index (χ2v) is 17.8. The molecule has 0 aliphatic carbocycles. The normalized spacial score (nSPS) is 14.8. The van der Waals surface area contributed by atoms with Gasteiger partial charge in [-0.05, 0) is 65.9 Å². The lowest BCUT2D eigenvalue weighted by atomic mass is 9.97. The first-order valence-electron chi connectivity index (χ1n) is 17.3. The fourth-order valence-corrected chi connectivity index (χ4v) is 8.86. The molecule has 3 aromatic carbocycles. The molecule has 7 N–H and O–H groups in total. The molecule has 282 valence electrons. The largest absolute Gasteiger partial charge is 0.808 e. The van der Waals surface area contributed by atoms with E-state index >= 15 is 0 Å². The lowest BCUT2D eigenvalue weighted by Crippen LogP contribution is -2.51. The van der Waals surface area contributed by atoms with Gasteiger partial charge < -0.3 is 41.0 Å².